The molecule has 1 aliphatic heterocycles. The van der Waals surface area contributed by atoms with Crippen molar-refractivity contribution >= 4 is 11.9 Å². The van der Waals surface area contributed by atoms with Gasteiger partial charge in [0.25, 0.3) is 0 Å². The Morgan fingerprint density at radius 1 is 0.800 bits per heavy atom. The Hall–Kier alpha value is -3.75. The number of methoxy groups -OCH3 is 1. The fraction of sp³-hybridized carbons (Fsp3) is 0.459. The van der Waals surface area contributed by atoms with E-state index in [0.717, 1.165) is 73.0 Å². The molecule has 0 aromatic heterocycles. The summed E-state index contributed by atoms with van der Waals surface area (Å²) in [5.41, 5.74) is 4.90. The molecule has 3 N–H and O–H groups in total. The fourth-order valence-corrected chi connectivity index (χ4v) is 7.28. The third-order valence-electron chi connectivity index (χ3n) is 9.55. The number of nitrogens with zero attached hydrogens (tertiary/aromatic N) is 1. The zero-order valence-electron chi connectivity index (χ0n) is 26.1. The molecule has 45 heavy (non-hydrogen) atoms. The summed E-state index contributed by atoms with van der Waals surface area (Å²) in [6.45, 7) is 3.19. The van der Waals surface area contributed by atoms with Crippen LogP contribution in [0.25, 0.3) is 0 Å². The predicted octanol–water partition coefficient (Wildman–Crippen LogP) is 6.32. The summed E-state index contributed by atoms with van der Waals surface area (Å²) < 4.78 is 19.8. The molecule has 1 aliphatic carbocycles. The number of carboxylic acid groups (broad SMARTS) is 2. The Balaban J connectivity index is 1.36. The van der Waals surface area contributed by atoms with Crippen LogP contribution in [0, 0.1) is 29.5 Å². The molecule has 0 radical (unpaired) electrons. The van der Waals surface area contributed by atoms with Crippen molar-refractivity contribution < 1.29 is 28.9 Å². The summed E-state index contributed by atoms with van der Waals surface area (Å²) in [5.74, 6) is -1.85. The Kier molecular flexibility index (Phi) is 11.2. The molecule has 0 bridgehead atoms. The van der Waals surface area contributed by atoms with Crippen molar-refractivity contribution in [3.63, 3.8) is 0 Å². The zero-order valence-corrected chi connectivity index (χ0v) is 26.1. The molecular formula is C37H45FN2O5. The molecule has 7 nitrogen and oxygen atoms in total. The van der Waals surface area contributed by atoms with Crippen molar-refractivity contribution in [2.45, 2.75) is 64.6 Å². The molecule has 2 aliphatic rings. The molecule has 3 atom stereocenters. The van der Waals surface area contributed by atoms with Gasteiger partial charge in [-0.3, -0.25) is 14.5 Å². The molecule has 240 valence electrons. The van der Waals surface area contributed by atoms with Crippen LogP contribution in [0.5, 0.6) is 5.75 Å². The number of halogens is 1. The first kappa shape index (κ1) is 32.6. The van der Waals surface area contributed by atoms with Crippen LogP contribution in [-0.2, 0) is 42.1 Å². The number of benzene rings is 3. The van der Waals surface area contributed by atoms with Crippen molar-refractivity contribution in [2.24, 2.45) is 23.7 Å². The van der Waals surface area contributed by atoms with Gasteiger partial charge in [-0.15, -0.1) is 0 Å². The summed E-state index contributed by atoms with van der Waals surface area (Å²) in [6, 6.07) is 21.0. The highest BCUT2D eigenvalue weighted by molar-refractivity contribution is 5.71. The number of rotatable bonds is 15. The van der Waals surface area contributed by atoms with Crippen molar-refractivity contribution in [1.29, 1.82) is 0 Å². The number of ether oxygens (including phenoxy) is 1. The number of nitrogens with one attached hydrogen (secondary N) is 1. The van der Waals surface area contributed by atoms with Gasteiger partial charge in [0.2, 0.25) is 0 Å². The molecule has 0 amide bonds. The molecule has 1 heterocycles. The lowest BCUT2D eigenvalue weighted by molar-refractivity contribution is -0.144. The van der Waals surface area contributed by atoms with Gasteiger partial charge >= 0.3 is 11.9 Å². The maximum atomic E-state index is 14.5. The molecule has 2 fully saturated rings. The maximum absolute atomic E-state index is 14.5. The van der Waals surface area contributed by atoms with Crippen LogP contribution >= 0.6 is 0 Å². The van der Waals surface area contributed by atoms with E-state index in [0.29, 0.717) is 38.2 Å². The number of hydrogen-bond donors (Lipinski definition) is 3. The quantitative estimate of drug-likeness (QED) is 0.184. The van der Waals surface area contributed by atoms with Crippen LogP contribution < -0.4 is 10.1 Å². The highest BCUT2D eigenvalue weighted by Gasteiger charge is 2.31. The van der Waals surface area contributed by atoms with E-state index in [1.54, 1.807) is 0 Å². The number of hydrogen-bond acceptors (Lipinski definition) is 5. The Morgan fingerprint density at radius 3 is 1.89 bits per heavy atom. The van der Waals surface area contributed by atoms with E-state index < -0.39 is 17.9 Å². The van der Waals surface area contributed by atoms with Crippen molar-refractivity contribution in [2.75, 3.05) is 20.2 Å². The molecular weight excluding hydrogens is 571 g/mol. The molecule has 0 unspecified atom stereocenters. The normalized spacial score (nSPS) is 18.2. The minimum Gasteiger partial charge on any atom is -0.497 e. The van der Waals surface area contributed by atoms with Crippen LogP contribution in [0.3, 0.4) is 0 Å². The Bertz CT molecular complexity index is 1370. The third-order valence-corrected chi connectivity index (χ3v) is 9.55. The molecule has 0 spiro atoms. The second kappa shape index (κ2) is 15.5. The molecule has 3 aromatic rings. The molecule has 1 saturated carbocycles. The third kappa shape index (κ3) is 9.14. The highest BCUT2D eigenvalue weighted by Crippen LogP contribution is 2.34. The van der Waals surface area contributed by atoms with Gasteiger partial charge in [-0.25, -0.2) is 4.39 Å². The molecule has 3 aromatic carbocycles. The first-order valence-corrected chi connectivity index (χ1v) is 16.1. The Morgan fingerprint density at radius 2 is 1.36 bits per heavy atom. The van der Waals surface area contributed by atoms with E-state index in [4.69, 9.17) is 4.74 Å². The van der Waals surface area contributed by atoms with E-state index in [2.05, 4.69) is 28.4 Å². The van der Waals surface area contributed by atoms with Crippen molar-refractivity contribution in [3.05, 3.63) is 100 Å². The van der Waals surface area contributed by atoms with Crippen LogP contribution in [0.15, 0.2) is 66.7 Å². The summed E-state index contributed by atoms with van der Waals surface area (Å²) in [6.07, 6.45) is 6.02. The van der Waals surface area contributed by atoms with E-state index >= 15 is 0 Å². The van der Waals surface area contributed by atoms with E-state index in [1.807, 2.05) is 36.4 Å². The minimum atomic E-state index is -0.756. The fourth-order valence-electron chi connectivity index (χ4n) is 7.28. The van der Waals surface area contributed by atoms with Gasteiger partial charge in [-0.2, -0.15) is 0 Å². The summed E-state index contributed by atoms with van der Waals surface area (Å²) in [5, 5.41) is 23.2. The topological polar surface area (TPSA) is 99.1 Å². The summed E-state index contributed by atoms with van der Waals surface area (Å²) in [7, 11) is 1.52. The maximum Gasteiger partial charge on any atom is 0.307 e. The number of carbonyl (C=O) groups is 2. The average molecular weight is 617 g/mol. The standard InChI is InChI=1S/C37H45FN2O5/c1-45-33-17-29(16-32(38)20-33)24-40(22-27-8-4-6-25(14-27)18-34(36(41)42)30-10-2-3-11-30)23-28-9-5-7-26(15-28)19-35(37(43)44)31-12-13-39-21-31/h4-9,14-17,20,30-31,34-35,39H,2-3,10-13,18-19,21-24H2,1H3,(H,41,42)(H,43,44)/t31-,34-,35-/m0/s1. The lowest BCUT2D eigenvalue weighted by Gasteiger charge is -2.25. The van der Waals surface area contributed by atoms with Gasteiger partial charge in [0.1, 0.15) is 11.6 Å². The summed E-state index contributed by atoms with van der Waals surface area (Å²) in [4.78, 5) is 26.5. The van der Waals surface area contributed by atoms with E-state index in [9.17, 15) is 24.2 Å². The van der Waals surface area contributed by atoms with Gasteiger partial charge in [0.15, 0.2) is 0 Å². The lowest BCUT2D eigenvalue weighted by atomic mass is 9.85. The van der Waals surface area contributed by atoms with Crippen LogP contribution in [0.2, 0.25) is 0 Å². The minimum absolute atomic E-state index is 0.118. The van der Waals surface area contributed by atoms with Gasteiger partial charge in [0.05, 0.1) is 18.9 Å². The van der Waals surface area contributed by atoms with Crippen LogP contribution in [-0.4, -0.2) is 47.3 Å². The highest BCUT2D eigenvalue weighted by atomic mass is 19.1. The van der Waals surface area contributed by atoms with Crippen molar-refractivity contribution in [3.8, 4) is 5.75 Å². The molecule has 1 saturated heterocycles. The lowest BCUT2D eigenvalue weighted by Crippen LogP contribution is -2.27. The van der Waals surface area contributed by atoms with Crippen molar-refractivity contribution in [1.82, 2.24) is 10.2 Å². The first-order valence-electron chi connectivity index (χ1n) is 16.1. The van der Waals surface area contributed by atoms with Gasteiger partial charge in [-0.1, -0.05) is 61.4 Å². The largest absolute Gasteiger partial charge is 0.497 e. The second-order valence-corrected chi connectivity index (χ2v) is 12.9. The zero-order chi connectivity index (χ0) is 31.8. The van der Waals surface area contributed by atoms with Crippen LogP contribution in [0.4, 0.5) is 4.39 Å². The van der Waals surface area contributed by atoms with E-state index in [-0.39, 0.29) is 23.6 Å². The Labute approximate surface area is 265 Å². The van der Waals surface area contributed by atoms with Crippen LogP contribution in [0.1, 0.15) is 59.9 Å². The predicted molar refractivity (Wildman–Crippen MR) is 171 cm³/mol. The molecule has 5 rings (SSSR count). The second-order valence-electron chi connectivity index (χ2n) is 12.9. The smallest absolute Gasteiger partial charge is 0.307 e. The number of aliphatic carboxylic acids is 2. The van der Waals surface area contributed by atoms with Gasteiger partial charge in [0, 0.05) is 25.7 Å². The first-order chi connectivity index (χ1) is 21.8. The summed E-state index contributed by atoms with van der Waals surface area (Å²) >= 11 is 0. The van der Waals surface area contributed by atoms with Gasteiger partial charge in [-0.05, 0) is 97.0 Å². The number of carboxylic acids is 2. The van der Waals surface area contributed by atoms with E-state index in [1.165, 1.54) is 19.2 Å². The monoisotopic (exact) mass is 616 g/mol. The van der Waals surface area contributed by atoms with Gasteiger partial charge < -0.3 is 20.3 Å². The molecule has 8 heteroatoms. The SMILES string of the molecule is COc1cc(F)cc(CN(Cc2cccc(C[C@H](C(=O)O)C3CCCC3)c2)Cc2cccc(C[C@H](C(=O)O)[C@H]3CCNC3)c2)c1. The average Bonchev–Trinajstić information content (AvgIpc) is 3.74.